The van der Waals surface area contributed by atoms with Crippen molar-refractivity contribution in [3.05, 3.63) is 25.3 Å². The summed E-state index contributed by atoms with van der Waals surface area (Å²) >= 11 is -2.08. The summed E-state index contributed by atoms with van der Waals surface area (Å²) < 4.78 is 36.9. The van der Waals surface area contributed by atoms with Crippen molar-refractivity contribution in [3.63, 3.8) is 0 Å². The standard InChI is InChI=1S/C6H5I2O6P/c7-4-2-1-3-5(6(4)8(9)10)14-15(11,12)13/h1-3H,(H2,11,12,13). The summed E-state index contributed by atoms with van der Waals surface area (Å²) in [6.45, 7) is 0. The molecule has 0 spiro atoms. The van der Waals surface area contributed by atoms with Crippen LogP contribution in [0.1, 0.15) is 0 Å². The van der Waals surface area contributed by atoms with E-state index in [1.54, 1.807) is 22.6 Å². The lowest BCUT2D eigenvalue weighted by Gasteiger charge is -2.08. The number of phosphoric ester groups is 1. The smallest absolute Gasteiger partial charge is 0.403 e. The van der Waals surface area contributed by atoms with Crippen LogP contribution in [0.5, 0.6) is 5.75 Å². The van der Waals surface area contributed by atoms with Gasteiger partial charge >= 0.3 is 27.6 Å². The Kier molecular flexibility index (Phi) is 4.47. The first kappa shape index (κ1) is 13.3. The van der Waals surface area contributed by atoms with Crippen LogP contribution in [-0.2, 0) is 10.7 Å². The van der Waals surface area contributed by atoms with E-state index in [1.165, 1.54) is 18.2 Å². The van der Waals surface area contributed by atoms with E-state index in [2.05, 4.69) is 4.52 Å². The van der Waals surface area contributed by atoms with E-state index in [0.29, 0.717) is 3.57 Å². The average molecular weight is 458 g/mol. The molecule has 0 amide bonds. The highest BCUT2D eigenvalue weighted by Gasteiger charge is 2.21. The number of rotatable bonds is 3. The van der Waals surface area contributed by atoms with E-state index in [4.69, 9.17) is 9.79 Å². The van der Waals surface area contributed by atoms with Crippen molar-refractivity contribution in [2.75, 3.05) is 0 Å². The SMILES string of the molecule is O=I(=O)c1c(I)cccc1OP(=O)(O)O. The van der Waals surface area contributed by atoms with Crippen LogP contribution in [-0.4, -0.2) is 9.79 Å². The first-order valence-electron chi connectivity index (χ1n) is 3.40. The lowest BCUT2D eigenvalue weighted by atomic mass is 10.3. The van der Waals surface area contributed by atoms with Crippen molar-refractivity contribution < 1.29 is 25.0 Å². The fraction of sp³-hybridized carbons (Fsp3) is 0. The molecule has 2 N–H and O–H groups in total. The van der Waals surface area contributed by atoms with E-state index >= 15 is 0 Å². The van der Waals surface area contributed by atoms with Gasteiger partial charge in [-0.2, -0.15) is 0 Å². The molecule has 0 fully saturated rings. The molecule has 0 aliphatic rings. The van der Waals surface area contributed by atoms with Gasteiger partial charge in [0.25, 0.3) is 0 Å². The van der Waals surface area contributed by atoms with Gasteiger partial charge in [-0.3, -0.25) is 9.79 Å². The zero-order chi connectivity index (χ0) is 11.6. The summed E-state index contributed by atoms with van der Waals surface area (Å²) in [6.07, 6.45) is 0. The summed E-state index contributed by atoms with van der Waals surface area (Å²) in [5.41, 5.74) is 0. The zero-order valence-corrected chi connectivity index (χ0v) is 12.2. The molecule has 0 radical (unpaired) electrons. The van der Waals surface area contributed by atoms with Crippen LogP contribution < -0.4 is 4.52 Å². The molecular weight excluding hydrogens is 453 g/mol. The van der Waals surface area contributed by atoms with Crippen molar-refractivity contribution in [2.45, 2.75) is 0 Å². The highest BCUT2D eigenvalue weighted by molar-refractivity contribution is 14.2. The summed E-state index contributed by atoms with van der Waals surface area (Å²) in [5, 5.41) is 0. The maximum atomic E-state index is 10.9. The van der Waals surface area contributed by atoms with Crippen LogP contribution in [0.3, 0.4) is 0 Å². The Morgan fingerprint density at radius 2 is 1.93 bits per heavy atom. The van der Waals surface area contributed by atoms with E-state index in [1.807, 2.05) is 0 Å². The molecule has 84 valence electrons. The number of hydrogen-bond acceptors (Lipinski definition) is 4. The van der Waals surface area contributed by atoms with Crippen molar-refractivity contribution in [2.24, 2.45) is 0 Å². The number of benzene rings is 1. The Hall–Kier alpha value is 0.230. The van der Waals surface area contributed by atoms with Gasteiger partial charge in [0.05, 0.1) is 0 Å². The molecule has 1 rings (SSSR count). The molecule has 1 aromatic rings. The van der Waals surface area contributed by atoms with Gasteiger partial charge in [-0.15, -0.1) is 0 Å². The van der Waals surface area contributed by atoms with Crippen molar-refractivity contribution in [3.8, 4) is 5.75 Å². The van der Waals surface area contributed by atoms with Gasteiger partial charge in [-0.1, -0.05) is 6.07 Å². The largest absolute Gasteiger partial charge is 0.524 e. The van der Waals surface area contributed by atoms with Crippen molar-refractivity contribution in [1.82, 2.24) is 0 Å². The molecule has 15 heavy (non-hydrogen) atoms. The fourth-order valence-electron chi connectivity index (χ4n) is 0.832. The van der Waals surface area contributed by atoms with Crippen LogP contribution in [0, 0.1) is 7.14 Å². The molecule has 0 saturated carbocycles. The minimum atomic E-state index is -4.73. The first-order valence-corrected chi connectivity index (χ1v) is 8.85. The zero-order valence-electron chi connectivity index (χ0n) is 6.96. The van der Waals surface area contributed by atoms with Crippen LogP contribution in [0.2, 0.25) is 0 Å². The average Bonchev–Trinajstić information content (AvgIpc) is 1.99. The third-order valence-electron chi connectivity index (χ3n) is 1.29. The number of phosphoric acid groups is 1. The molecule has 0 unspecified atom stereocenters. The van der Waals surface area contributed by atoms with Crippen LogP contribution in [0.4, 0.5) is 0 Å². The number of halogens is 2. The molecular formula is C6H5I2O6P. The third-order valence-corrected chi connectivity index (χ3v) is 5.65. The second-order valence-corrected chi connectivity index (χ2v) is 7.00. The molecule has 0 saturated heterocycles. The second-order valence-electron chi connectivity index (χ2n) is 2.35. The van der Waals surface area contributed by atoms with Gasteiger partial charge in [0.1, 0.15) is 3.57 Å². The van der Waals surface area contributed by atoms with Crippen LogP contribution in [0.25, 0.3) is 0 Å². The molecule has 0 aliphatic carbocycles. The van der Waals surface area contributed by atoms with E-state index in [-0.39, 0.29) is 9.32 Å². The molecule has 0 atom stereocenters. The molecule has 0 bridgehead atoms. The van der Waals surface area contributed by atoms with Crippen molar-refractivity contribution >= 4 is 50.2 Å². The fourth-order valence-corrected chi connectivity index (χ4v) is 4.33. The Morgan fingerprint density at radius 1 is 1.33 bits per heavy atom. The van der Waals surface area contributed by atoms with Gasteiger partial charge < -0.3 is 4.52 Å². The van der Waals surface area contributed by atoms with Crippen molar-refractivity contribution in [1.29, 1.82) is 0 Å². The van der Waals surface area contributed by atoms with Gasteiger partial charge in [0.15, 0.2) is 5.75 Å². The highest BCUT2D eigenvalue weighted by atomic mass is 127. The van der Waals surface area contributed by atoms with Gasteiger partial charge in [0, 0.05) is 3.57 Å². The predicted octanol–water partition coefficient (Wildman–Crippen LogP) is 2.13. The normalized spacial score (nSPS) is 11.7. The minimum Gasteiger partial charge on any atom is -0.403 e. The molecule has 9 heteroatoms. The maximum absolute atomic E-state index is 10.9. The second kappa shape index (κ2) is 5.04. The minimum absolute atomic E-state index is 0.134. The first-order chi connectivity index (χ1) is 6.81. The maximum Gasteiger partial charge on any atom is 0.524 e. The van der Waals surface area contributed by atoms with Gasteiger partial charge in [-0.25, -0.2) is 10.7 Å². The van der Waals surface area contributed by atoms with E-state index in [9.17, 15) is 10.7 Å². The predicted molar refractivity (Wildman–Crippen MR) is 65.9 cm³/mol. The van der Waals surface area contributed by atoms with Crippen LogP contribution >= 0.6 is 50.2 Å². The van der Waals surface area contributed by atoms with Gasteiger partial charge in [0.2, 0.25) is 0 Å². The Balaban J connectivity index is 3.30. The summed E-state index contributed by atoms with van der Waals surface area (Å²) in [7, 11) is -4.73. The lowest BCUT2D eigenvalue weighted by molar-refractivity contribution is 0.282. The highest BCUT2D eigenvalue weighted by Crippen LogP contribution is 2.42. The van der Waals surface area contributed by atoms with Gasteiger partial charge in [-0.05, 0) is 34.7 Å². The molecule has 1 aromatic carbocycles. The lowest BCUT2D eigenvalue weighted by Crippen LogP contribution is -1.94. The topological polar surface area (TPSA) is 101 Å². The summed E-state index contributed by atoms with van der Waals surface area (Å²) in [5.74, 6) is -0.301. The summed E-state index contributed by atoms with van der Waals surface area (Å²) in [4.78, 5) is 17.1. The monoisotopic (exact) mass is 458 g/mol. The quantitative estimate of drug-likeness (QED) is 0.532. The molecule has 0 heterocycles. The Morgan fingerprint density at radius 3 is 2.40 bits per heavy atom. The Bertz CT molecular complexity index is 482. The molecule has 0 aromatic heterocycles. The number of hydrogen-bond donors (Lipinski definition) is 2. The van der Waals surface area contributed by atoms with E-state index in [0.717, 1.165) is 0 Å². The summed E-state index contributed by atoms with van der Waals surface area (Å²) in [6, 6.07) is 4.18. The van der Waals surface area contributed by atoms with Crippen LogP contribution in [0.15, 0.2) is 18.2 Å². The molecule has 6 nitrogen and oxygen atoms in total. The molecule has 0 aliphatic heterocycles. The Labute approximate surface area is 106 Å². The third kappa shape index (κ3) is 3.94. The van der Waals surface area contributed by atoms with E-state index < -0.39 is 27.6 Å².